The number of nitriles is 1. The minimum atomic E-state index is -0.461. The second-order valence-corrected chi connectivity index (χ2v) is 11.0. The standard InChI is InChI=1S/C32H33N7O2/c1-3-10-34-18-21-14-27(32(41)39(19-21)24-7-8-24)31(40)37-29-16-23(15-28(36-29)22-5-6-22)25-9-4-20(17-33)13-26(25)30-35-11-12-38(30)2/h4,9,11-16,19,22,24,34H,3,5-8,10,18H2,1-2H3,(H,36,37,40). The first-order valence-electron chi connectivity index (χ1n) is 14.3. The Morgan fingerprint density at radius 3 is 2.63 bits per heavy atom. The van der Waals surface area contributed by atoms with E-state index in [0.717, 1.165) is 72.4 Å². The van der Waals surface area contributed by atoms with Gasteiger partial charge in [-0.2, -0.15) is 5.26 Å². The summed E-state index contributed by atoms with van der Waals surface area (Å²) in [7, 11) is 1.92. The Bertz CT molecular complexity index is 1720. The number of anilines is 1. The predicted octanol–water partition coefficient (Wildman–Crippen LogP) is 5.15. The van der Waals surface area contributed by atoms with Gasteiger partial charge < -0.3 is 19.8 Å². The van der Waals surface area contributed by atoms with Gasteiger partial charge in [-0.3, -0.25) is 9.59 Å². The number of imidazole rings is 1. The number of pyridine rings is 2. The van der Waals surface area contributed by atoms with E-state index in [1.165, 1.54) is 0 Å². The lowest BCUT2D eigenvalue weighted by atomic mass is 9.96. The summed E-state index contributed by atoms with van der Waals surface area (Å²) < 4.78 is 3.63. The molecule has 1 aromatic carbocycles. The molecule has 9 heteroatoms. The van der Waals surface area contributed by atoms with Crippen molar-refractivity contribution in [3.8, 4) is 28.6 Å². The monoisotopic (exact) mass is 547 g/mol. The summed E-state index contributed by atoms with van der Waals surface area (Å²) in [5.74, 6) is 1.01. The Kier molecular flexibility index (Phi) is 7.25. The molecular weight excluding hydrogens is 514 g/mol. The molecule has 6 rings (SSSR count). The van der Waals surface area contributed by atoms with Crippen LogP contribution in [0.5, 0.6) is 0 Å². The second kappa shape index (κ2) is 11.1. The molecule has 2 aliphatic carbocycles. The van der Waals surface area contributed by atoms with Crippen LogP contribution in [0.4, 0.5) is 5.82 Å². The van der Waals surface area contributed by atoms with Gasteiger partial charge in [0.2, 0.25) is 0 Å². The molecule has 2 N–H and O–H groups in total. The van der Waals surface area contributed by atoms with Crippen molar-refractivity contribution in [2.24, 2.45) is 7.05 Å². The van der Waals surface area contributed by atoms with Crippen LogP contribution in [0.1, 0.15) is 78.2 Å². The summed E-state index contributed by atoms with van der Waals surface area (Å²) in [6.45, 7) is 3.56. The molecule has 9 nitrogen and oxygen atoms in total. The predicted molar refractivity (Wildman–Crippen MR) is 157 cm³/mol. The molecule has 2 saturated carbocycles. The van der Waals surface area contributed by atoms with Crippen LogP contribution in [0.2, 0.25) is 0 Å². The largest absolute Gasteiger partial charge is 0.334 e. The Morgan fingerprint density at radius 1 is 1.12 bits per heavy atom. The van der Waals surface area contributed by atoms with E-state index in [-0.39, 0.29) is 17.2 Å². The van der Waals surface area contributed by atoms with Crippen LogP contribution in [0, 0.1) is 11.3 Å². The number of rotatable bonds is 10. The van der Waals surface area contributed by atoms with E-state index in [4.69, 9.17) is 4.98 Å². The van der Waals surface area contributed by atoms with Crippen molar-refractivity contribution in [2.75, 3.05) is 11.9 Å². The highest BCUT2D eigenvalue weighted by Crippen LogP contribution is 2.42. The van der Waals surface area contributed by atoms with Crippen LogP contribution < -0.4 is 16.2 Å². The topological polar surface area (TPSA) is 118 Å². The third kappa shape index (κ3) is 5.70. The van der Waals surface area contributed by atoms with E-state index in [2.05, 4.69) is 34.7 Å². The smallest absolute Gasteiger partial charge is 0.263 e. The van der Waals surface area contributed by atoms with E-state index >= 15 is 0 Å². The molecule has 3 aromatic heterocycles. The average Bonchev–Trinajstić information content (AvgIpc) is 3.91. The molecule has 0 unspecified atom stereocenters. The third-order valence-electron chi connectivity index (χ3n) is 7.64. The van der Waals surface area contributed by atoms with Crippen LogP contribution in [0.15, 0.2) is 59.8 Å². The van der Waals surface area contributed by atoms with Crippen molar-refractivity contribution in [1.82, 2.24) is 24.4 Å². The number of aryl methyl sites for hydroxylation is 1. The number of hydrogen-bond acceptors (Lipinski definition) is 6. The number of nitrogens with one attached hydrogen (secondary N) is 2. The summed E-state index contributed by atoms with van der Waals surface area (Å²) >= 11 is 0. The average molecular weight is 548 g/mol. The Morgan fingerprint density at radius 2 is 1.95 bits per heavy atom. The number of amides is 1. The third-order valence-corrected chi connectivity index (χ3v) is 7.64. The second-order valence-electron chi connectivity index (χ2n) is 11.0. The summed E-state index contributed by atoms with van der Waals surface area (Å²) in [6, 6.07) is 13.5. The molecule has 0 aliphatic heterocycles. The molecule has 0 atom stereocenters. The molecule has 2 fully saturated rings. The summed E-state index contributed by atoms with van der Waals surface area (Å²) in [6.07, 6.45) is 10.5. The number of hydrogen-bond donors (Lipinski definition) is 2. The van der Waals surface area contributed by atoms with Gasteiger partial charge in [0, 0.05) is 55.4 Å². The maximum Gasteiger partial charge on any atom is 0.263 e. The van der Waals surface area contributed by atoms with Crippen LogP contribution >= 0.6 is 0 Å². The van der Waals surface area contributed by atoms with Crippen LogP contribution in [0.3, 0.4) is 0 Å². The summed E-state index contributed by atoms with van der Waals surface area (Å²) in [4.78, 5) is 36.2. The molecule has 0 spiro atoms. The van der Waals surface area contributed by atoms with Gasteiger partial charge in [0.1, 0.15) is 17.2 Å². The van der Waals surface area contributed by atoms with Gasteiger partial charge in [0.25, 0.3) is 11.5 Å². The number of carbonyl (C=O) groups excluding carboxylic acids is 1. The molecular formula is C32H33N7O2. The van der Waals surface area contributed by atoms with Gasteiger partial charge in [-0.1, -0.05) is 13.0 Å². The maximum absolute atomic E-state index is 13.6. The van der Waals surface area contributed by atoms with E-state index < -0.39 is 5.91 Å². The Hall–Kier alpha value is -4.55. The normalized spacial score (nSPS) is 14.6. The zero-order valence-electron chi connectivity index (χ0n) is 23.4. The summed E-state index contributed by atoms with van der Waals surface area (Å²) in [5, 5.41) is 15.9. The zero-order chi connectivity index (χ0) is 28.5. The molecule has 2 aliphatic rings. The van der Waals surface area contributed by atoms with Crippen molar-refractivity contribution in [2.45, 2.75) is 57.5 Å². The Balaban J connectivity index is 1.38. The van der Waals surface area contributed by atoms with Crippen molar-refractivity contribution >= 4 is 11.7 Å². The van der Waals surface area contributed by atoms with E-state index in [1.807, 2.05) is 42.2 Å². The quantitative estimate of drug-likeness (QED) is 0.265. The number of benzene rings is 1. The highest BCUT2D eigenvalue weighted by Gasteiger charge is 2.29. The van der Waals surface area contributed by atoms with E-state index in [9.17, 15) is 14.9 Å². The molecule has 0 bridgehead atoms. The number of nitrogens with zero attached hydrogens (tertiary/aromatic N) is 5. The molecule has 208 valence electrons. The van der Waals surface area contributed by atoms with Crippen LogP contribution in [0.25, 0.3) is 22.5 Å². The van der Waals surface area contributed by atoms with E-state index in [1.54, 1.807) is 22.9 Å². The van der Waals surface area contributed by atoms with Crippen molar-refractivity contribution < 1.29 is 4.79 Å². The van der Waals surface area contributed by atoms with Gasteiger partial charge in [-0.15, -0.1) is 0 Å². The van der Waals surface area contributed by atoms with E-state index in [0.29, 0.717) is 23.8 Å². The fourth-order valence-corrected chi connectivity index (χ4v) is 5.17. The SMILES string of the molecule is CCCNCc1cc(C(=O)Nc2cc(-c3ccc(C#N)cc3-c3nccn3C)cc(C3CC3)n2)c(=O)n(C2CC2)c1. The number of aromatic nitrogens is 4. The van der Waals surface area contributed by atoms with Gasteiger partial charge in [-0.25, -0.2) is 9.97 Å². The highest BCUT2D eigenvalue weighted by atomic mass is 16.2. The van der Waals surface area contributed by atoms with Gasteiger partial charge in [0.15, 0.2) is 0 Å². The molecule has 0 saturated heterocycles. The first-order valence-corrected chi connectivity index (χ1v) is 14.3. The lowest BCUT2D eigenvalue weighted by molar-refractivity contribution is 0.102. The minimum absolute atomic E-state index is 0.125. The highest BCUT2D eigenvalue weighted by molar-refractivity contribution is 6.04. The first-order chi connectivity index (χ1) is 19.9. The van der Waals surface area contributed by atoms with Crippen molar-refractivity contribution in [1.29, 1.82) is 5.26 Å². The fraction of sp³-hybridized carbons (Fsp3) is 0.344. The fourth-order valence-electron chi connectivity index (χ4n) is 5.17. The first kappa shape index (κ1) is 26.7. The summed E-state index contributed by atoms with van der Waals surface area (Å²) in [5.41, 5.74) is 4.78. The van der Waals surface area contributed by atoms with Crippen molar-refractivity contribution in [3.05, 3.63) is 87.7 Å². The van der Waals surface area contributed by atoms with Crippen LogP contribution in [-0.2, 0) is 13.6 Å². The molecule has 41 heavy (non-hydrogen) atoms. The molecule has 1 amide bonds. The zero-order valence-corrected chi connectivity index (χ0v) is 23.4. The maximum atomic E-state index is 13.6. The van der Waals surface area contributed by atoms with Crippen LogP contribution in [-0.4, -0.2) is 31.6 Å². The van der Waals surface area contributed by atoms with Crippen molar-refractivity contribution in [3.63, 3.8) is 0 Å². The number of carbonyl (C=O) groups is 1. The van der Waals surface area contributed by atoms with Gasteiger partial charge in [0.05, 0.1) is 11.6 Å². The lowest BCUT2D eigenvalue weighted by Crippen LogP contribution is -2.30. The Labute approximate surface area is 238 Å². The minimum Gasteiger partial charge on any atom is -0.334 e. The lowest BCUT2D eigenvalue weighted by Gasteiger charge is -2.15. The van der Waals surface area contributed by atoms with Gasteiger partial charge >= 0.3 is 0 Å². The molecule has 4 aromatic rings. The molecule has 0 radical (unpaired) electrons. The van der Waals surface area contributed by atoms with Gasteiger partial charge in [-0.05, 0) is 85.7 Å². The molecule has 3 heterocycles.